The highest BCUT2D eigenvalue weighted by Crippen LogP contribution is 2.47. The van der Waals surface area contributed by atoms with Crippen LogP contribution >= 0.6 is 11.3 Å². The fraction of sp³-hybridized carbons (Fsp3) is 0.391. The molecule has 5 rings (SSSR count). The van der Waals surface area contributed by atoms with E-state index in [1.165, 1.54) is 11.3 Å². The van der Waals surface area contributed by atoms with Crippen LogP contribution in [0.5, 0.6) is 5.88 Å². The molecule has 4 heterocycles. The molecule has 166 valence electrons. The third kappa shape index (κ3) is 3.41. The molecule has 0 aliphatic carbocycles. The van der Waals surface area contributed by atoms with Crippen molar-refractivity contribution < 1.29 is 19.4 Å². The van der Waals surface area contributed by atoms with E-state index in [4.69, 9.17) is 4.74 Å². The molecular formula is C23H24N4O4S. The van der Waals surface area contributed by atoms with Crippen LogP contribution in [0.25, 0.3) is 10.3 Å². The van der Waals surface area contributed by atoms with E-state index in [0.717, 1.165) is 33.6 Å². The van der Waals surface area contributed by atoms with Gasteiger partial charge in [-0.3, -0.25) is 9.59 Å². The van der Waals surface area contributed by atoms with E-state index in [1.807, 2.05) is 34.1 Å². The molecule has 9 heteroatoms. The Morgan fingerprint density at radius 2 is 2.06 bits per heavy atom. The zero-order valence-corrected chi connectivity index (χ0v) is 18.8. The molecule has 1 unspecified atom stereocenters. The van der Waals surface area contributed by atoms with Crippen LogP contribution in [0, 0.1) is 0 Å². The second-order valence-corrected chi connectivity index (χ2v) is 9.48. The number of carbonyl (C=O) groups excluding carboxylic acids is 2. The van der Waals surface area contributed by atoms with Gasteiger partial charge in [0.2, 0.25) is 17.7 Å². The largest absolute Gasteiger partial charge is 0.481 e. The number of aliphatic hydroxyl groups is 1. The zero-order chi connectivity index (χ0) is 22.5. The van der Waals surface area contributed by atoms with Crippen molar-refractivity contribution >= 4 is 39.2 Å². The predicted octanol–water partition coefficient (Wildman–Crippen LogP) is 2.27. The van der Waals surface area contributed by atoms with Gasteiger partial charge in [-0.2, -0.15) is 0 Å². The maximum absolute atomic E-state index is 13.4. The van der Waals surface area contributed by atoms with Crippen molar-refractivity contribution in [3.63, 3.8) is 0 Å². The Kier molecular flexibility index (Phi) is 5.10. The number of methoxy groups -OCH3 is 1. The van der Waals surface area contributed by atoms with Crippen molar-refractivity contribution in [2.75, 3.05) is 31.6 Å². The van der Waals surface area contributed by atoms with Crippen LogP contribution in [0.4, 0.5) is 5.69 Å². The molecule has 0 bridgehead atoms. The molecule has 0 radical (unpaired) electrons. The fourth-order valence-corrected chi connectivity index (χ4v) is 5.70. The minimum atomic E-state index is -0.301. The third-order valence-electron chi connectivity index (χ3n) is 6.45. The SMILES string of the molecule is COc1ccc2nc(CC(=O)N3CC4(CCN(C(C)=O)C4)c4cc(CO)ccc43)sc2n1. The number of hydrogen-bond acceptors (Lipinski definition) is 7. The van der Waals surface area contributed by atoms with Crippen molar-refractivity contribution in [2.45, 2.75) is 31.8 Å². The predicted molar refractivity (Wildman–Crippen MR) is 121 cm³/mol. The number of ether oxygens (including phenoxy) is 1. The van der Waals surface area contributed by atoms with Gasteiger partial charge in [0.1, 0.15) is 15.4 Å². The highest BCUT2D eigenvalue weighted by molar-refractivity contribution is 7.18. The molecule has 2 aliphatic heterocycles. The molecule has 2 aromatic heterocycles. The molecule has 1 aromatic carbocycles. The first-order chi connectivity index (χ1) is 15.4. The lowest BCUT2D eigenvalue weighted by Gasteiger charge is -2.25. The molecule has 3 aromatic rings. The summed E-state index contributed by atoms with van der Waals surface area (Å²) >= 11 is 1.39. The molecule has 1 N–H and O–H groups in total. The van der Waals surface area contributed by atoms with Crippen molar-refractivity contribution in [2.24, 2.45) is 0 Å². The van der Waals surface area contributed by atoms with Gasteiger partial charge < -0.3 is 19.6 Å². The maximum Gasteiger partial charge on any atom is 0.233 e. The van der Waals surface area contributed by atoms with Crippen molar-refractivity contribution in [1.82, 2.24) is 14.9 Å². The molecule has 1 atom stereocenters. The quantitative estimate of drug-likeness (QED) is 0.653. The second-order valence-electron chi connectivity index (χ2n) is 8.42. The van der Waals surface area contributed by atoms with Crippen molar-refractivity contribution in [3.8, 4) is 5.88 Å². The minimum absolute atomic E-state index is 0.0350. The molecule has 1 fully saturated rings. The summed E-state index contributed by atoms with van der Waals surface area (Å²) in [5.41, 5.74) is 3.15. The Morgan fingerprint density at radius 1 is 1.22 bits per heavy atom. The monoisotopic (exact) mass is 452 g/mol. The number of fused-ring (bicyclic) bond motifs is 3. The number of aliphatic hydroxyl groups excluding tert-OH is 1. The first-order valence-corrected chi connectivity index (χ1v) is 11.3. The van der Waals surface area contributed by atoms with Gasteiger partial charge in [0, 0.05) is 43.7 Å². The number of rotatable bonds is 4. The summed E-state index contributed by atoms with van der Waals surface area (Å²) in [5.74, 6) is 0.529. The average molecular weight is 453 g/mol. The summed E-state index contributed by atoms with van der Waals surface area (Å²) in [6.07, 6.45) is 0.972. The van der Waals surface area contributed by atoms with E-state index < -0.39 is 0 Å². The van der Waals surface area contributed by atoms with E-state index in [-0.39, 0.29) is 30.3 Å². The summed E-state index contributed by atoms with van der Waals surface area (Å²) in [4.78, 5) is 38.8. The maximum atomic E-state index is 13.4. The van der Waals surface area contributed by atoms with Gasteiger partial charge in [0.25, 0.3) is 0 Å². The first-order valence-electron chi connectivity index (χ1n) is 10.5. The number of hydrogen-bond donors (Lipinski definition) is 1. The van der Waals surface area contributed by atoms with Gasteiger partial charge in [0.15, 0.2) is 0 Å². The van der Waals surface area contributed by atoms with Gasteiger partial charge in [-0.1, -0.05) is 23.5 Å². The zero-order valence-electron chi connectivity index (χ0n) is 18.0. The van der Waals surface area contributed by atoms with E-state index in [1.54, 1.807) is 20.1 Å². The van der Waals surface area contributed by atoms with E-state index in [2.05, 4.69) is 9.97 Å². The summed E-state index contributed by atoms with van der Waals surface area (Å²) in [6.45, 7) is 3.30. The Bertz CT molecular complexity index is 1230. The van der Waals surface area contributed by atoms with Crippen LogP contribution in [-0.4, -0.2) is 58.5 Å². The summed E-state index contributed by atoms with van der Waals surface area (Å²) < 4.78 is 5.18. The number of pyridine rings is 1. The van der Waals surface area contributed by atoms with E-state index >= 15 is 0 Å². The summed E-state index contributed by atoms with van der Waals surface area (Å²) in [5, 5.41) is 10.4. The number of aromatic nitrogens is 2. The fourth-order valence-electron chi connectivity index (χ4n) is 4.79. The van der Waals surface area contributed by atoms with Crippen LogP contribution in [0.1, 0.15) is 29.5 Å². The normalized spacial score (nSPS) is 19.7. The number of amides is 2. The van der Waals surface area contributed by atoms with Gasteiger partial charge in [0.05, 0.1) is 20.1 Å². The number of nitrogens with zero attached hydrogens (tertiary/aromatic N) is 4. The smallest absolute Gasteiger partial charge is 0.233 e. The third-order valence-corrected chi connectivity index (χ3v) is 7.42. The Hall–Kier alpha value is -3.04. The lowest BCUT2D eigenvalue weighted by Crippen LogP contribution is -2.40. The molecule has 8 nitrogen and oxygen atoms in total. The van der Waals surface area contributed by atoms with Crippen molar-refractivity contribution in [1.29, 1.82) is 0 Å². The molecular weight excluding hydrogens is 428 g/mol. The van der Waals surface area contributed by atoms with Crippen molar-refractivity contribution in [3.05, 3.63) is 46.5 Å². The van der Waals surface area contributed by atoms with E-state index in [9.17, 15) is 14.7 Å². The molecule has 32 heavy (non-hydrogen) atoms. The molecule has 2 amide bonds. The Labute approximate surface area is 189 Å². The highest BCUT2D eigenvalue weighted by atomic mass is 32.1. The molecule has 1 saturated heterocycles. The number of benzene rings is 1. The van der Waals surface area contributed by atoms with E-state index in [0.29, 0.717) is 30.5 Å². The van der Waals surface area contributed by atoms with Crippen LogP contribution in [0.2, 0.25) is 0 Å². The first kappa shape index (κ1) is 20.8. The number of likely N-dealkylation sites (tertiary alicyclic amines) is 1. The van der Waals surface area contributed by atoms with Gasteiger partial charge >= 0.3 is 0 Å². The second kappa shape index (κ2) is 7.83. The van der Waals surface area contributed by atoms with Gasteiger partial charge in [-0.25, -0.2) is 9.97 Å². The molecule has 2 aliphatic rings. The van der Waals surface area contributed by atoms with Crippen LogP contribution < -0.4 is 9.64 Å². The van der Waals surface area contributed by atoms with Gasteiger partial charge in [-0.15, -0.1) is 0 Å². The molecule has 1 spiro atoms. The summed E-state index contributed by atoms with van der Waals surface area (Å²) in [6, 6.07) is 9.35. The topological polar surface area (TPSA) is 95.9 Å². The average Bonchev–Trinajstić information content (AvgIpc) is 3.49. The van der Waals surface area contributed by atoms with Crippen LogP contribution in [0.15, 0.2) is 30.3 Å². The standard InChI is InChI=1S/C23H24N4O4S/c1-14(29)26-8-7-23(12-26)13-27(18-5-3-15(11-28)9-16(18)23)21(30)10-20-24-17-4-6-19(31-2)25-22(17)32-20/h3-6,9,28H,7-8,10-13H2,1-2H3. The lowest BCUT2D eigenvalue weighted by molar-refractivity contribution is -0.127. The Balaban J connectivity index is 1.45. The Morgan fingerprint density at radius 3 is 2.78 bits per heavy atom. The highest BCUT2D eigenvalue weighted by Gasteiger charge is 2.49. The number of carbonyl (C=O) groups is 2. The van der Waals surface area contributed by atoms with Crippen LogP contribution in [0.3, 0.4) is 0 Å². The number of anilines is 1. The summed E-state index contributed by atoms with van der Waals surface area (Å²) in [7, 11) is 1.57. The van der Waals surface area contributed by atoms with Gasteiger partial charge in [-0.05, 0) is 29.7 Å². The minimum Gasteiger partial charge on any atom is -0.481 e. The lowest BCUT2D eigenvalue weighted by atomic mass is 9.81. The number of thiazole rings is 1. The molecule has 0 saturated carbocycles. The van der Waals surface area contributed by atoms with Crippen LogP contribution in [-0.2, 0) is 28.0 Å².